The third-order valence-corrected chi connectivity index (χ3v) is 4.17. The Morgan fingerprint density at radius 1 is 1.37 bits per heavy atom. The van der Waals surface area contributed by atoms with Gasteiger partial charge in [0.2, 0.25) is 0 Å². The van der Waals surface area contributed by atoms with Crippen molar-refractivity contribution < 1.29 is 0 Å². The van der Waals surface area contributed by atoms with E-state index in [9.17, 15) is 0 Å². The van der Waals surface area contributed by atoms with Gasteiger partial charge in [-0.15, -0.1) is 10.2 Å². The van der Waals surface area contributed by atoms with Crippen molar-refractivity contribution in [3.63, 3.8) is 0 Å². The van der Waals surface area contributed by atoms with E-state index in [-0.39, 0.29) is 0 Å². The number of aromatic nitrogens is 5. The Kier molecular flexibility index (Phi) is 2.32. The van der Waals surface area contributed by atoms with E-state index < -0.39 is 0 Å². The largest absolute Gasteiger partial charge is 0.345 e. The Bertz CT molecular complexity index is 727. The maximum atomic E-state index is 4.41. The first kappa shape index (κ1) is 10.9. The molecule has 0 aromatic carbocycles. The van der Waals surface area contributed by atoms with Crippen LogP contribution in [0.2, 0.25) is 0 Å². The molecule has 1 aliphatic carbocycles. The summed E-state index contributed by atoms with van der Waals surface area (Å²) in [5.41, 5.74) is 2.78. The number of hydrogen-bond acceptors (Lipinski definition) is 4. The Balaban J connectivity index is 1.88. The molecule has 0 bridgehead atoms. The summed E-state index contributed by atoms with van der Waals surface area (Å²) in [6.07, 6.45) is 7.19. The average molecular weight is 256 g/mol. The SMILES string of the molecule is CN[C@H]1CC[C@@H](c2nnc3cnc4[nH]ccc4n23)C1. The first-order chi connectivity index (χ1) is 9.36. The molecular formula is C13H16N6. The normalized spacial score (nSPS) is 23.6. The molecule has 3 aromatic heterocycles. The second-order valence-corrected chi connectivity index (χ2v) is 5.22. The smallest absolute Gasteiger partial charge is 0.179 e. The van der Waals surface area contributed by atoms with Crippen molar-refractivity contribution >= 4 is 16.8 Å². The van der Waals surface area contributed by atoms with E-state index in [1.807, 2.05) is 19.3 Å². The predicted octanol–water partition coefficient (Wildman–Crippen LogP) is 1.46. The second-order valence-electron chi connectivity index (χ2n) is 5.22. The highest BCUT2D eigenvalue weighted by molar-refractivity contribution is 5.74. The first-order valence-electron chi connectivity index (χ1n) is 6.71. The van der Waals surface area contributed by atoms with Crippen LogP contribution in [0.15, 0.2) is 18.5 Å². The van der Waals surface area contributed by atoms with Crippen molar-refractivity contribution in [1.29, 1.82) is 0 Å². The third-order valence-electron chi connectivity index (χ3n) is 4.17. The molecule has 0 unspecified atom stereocenters. The van der Waals surface area contributed by atoms with E-state index in [1.165, 1.54) is 12.8 Å². The quantitative estimate of drug-likeness (QED) is 0.728. The molecule has 0 spiro atoms. The fraction of sp³-hybridized carbons (Fsp3) is 0.462. The number of H-pyrrole nitrogens is 1. The highest BCUT2D eigenvalue weighted by Gasteiger charge is 2.28. The number of nitrogens with zero attached hydrogens (tertiary/aromatic N) is 4. The maximum Gasteiger partial charge on any atom is 0.179 e. The van der Waals surface area contributed by atoms with E-state index in [0.29, 0.717) is 12.0 Å². The topological polar surface area (TPSA) is 70.9 Å². The van der Waals surface area contributed by atoms with Crippen molar-refractivity contribution in [2.24, 2.45) is 0 Å². The first-order valence-corrected chi connectivity index (χ1v) is 6.71. The zero-order valence-electron chi connectivity index (χ0n) is 10.8. The molecular weight excluding hydrogens is 240 g/mol. The van der Waals surface area contributed by atoms with Crippen LogP contribution >= 0.6 is 0 Å². The standard InChI is InChI=1S/C13H16N6/c1-14-9-3-2-8(6-9)13-18-17-11-7-16-12-10(19(11)13)4-5-15-12/h4-5,7-9,14-15H,2-3,6H2,1H3/t8-,9+/m1/s1. The Morgan fingerprint density at radius 3 is 3.16 bits per heavy atom. The number of fused-ring (bicyclic) bond motifs is 3. The highest BCUT2D eigenvalue weighted by atomic mass is 15.3. The van der Waals surface area contributed by atoms with Crippen molar-refractivity contribution in [2.45, 2.75) is 31.2 Å². The molecule has 3 aromatic rings. The molecule has 2 atom stereocenters. The third kappa shape index (κ3) is 1.56. The molecule has 6 nitrogen and oxygen atoms in total. The molecule has 0 aliphatic heterocycles. The van der Waals surface area contributed by atoms with Crippen LogP contribution in [0.3, 0.4) is 0 Å². The Morgan fingerprint density at radius 2 is 2.32 bits per heavy atom. The van der Waals surface area contributed by atoms with Gasteiger partial charge in [-0.1, -0.05) is 0 Å². The van der Waals surface area contributed by atoms with Crippen LogP contribution in [0.1, 0.15) is 31.0 Å². The molecule has 1 fully saturated rings. The molecule has 3 heterocycles. The average Bonchev–Trinajstić information content (AvgIpc) is 3.15. The second kappa shape index (κ2) is 4.03. The summed E-state index contributed by atoms with van der Waals surface area (Å²) < 4.78 is 2.14. The summed E-state index contributed by atoms with van der Waals surface area (Å²) in [4.78, 5) is 7.49. The van der Waals surface area contributed by atoms with Gasteiger partial charge in [-0.2, -0.15) is 0 Å². The summed E-state index contributed by atoms with van der Waals surface area (Å²) in [6, 6.07) is 2.63. The maximum absolute atomic E-state index is 4.41. The minimum absolute atomic E-state index is 0.480. The number of nitrogens with one attached hydrogen (secondary N) is 2. The van der Waals surface area contributed by atoms with Gasteiger partial charge in [-0.05, 0) is 32.4 Å². The summed E-state index contributed by atoms with van der Waals surface area (Å²) in [6.45, 7) is 0. The van der Waals surface area contributed by atoms with Crippen LogP contribution < -0.4 is 5.32 Å². The number of aromatic amines is 1. The van der Waals surface area contributed by atoms with Gasteiger partial charge >= 0.3 is 0 Å². The molecule has 0 saturated heterocycles. The van der Waals surface area contributed by atoms with Gasteiger partial charge in [-0.3, -0.25) is 4.40 Å². The van der Waals surface area contributed by atoms with Crippen LogP contribution in [0.25, 0.3) is 16.8 Å². The van der Waals surface area contributed by atoms with Gasteiger partial charge in [-0.25, -0.2) is 4.98 Å². The Hall–Kier alpha value is -1.95. The van der Waals surface area contributed by atoms with E-state index in [0.717, 1.165) is 29.1 Å². The van der Waals surface area contributed by atoms with Gasteiger partial charge in [0.25, 0.3) is 0 Å². The summed E-state index contributed by atoms with van der Waals surface area (Å²) in [7, 11) is 2.03. The van der Waals surface area contributed by atoms with Gasteiger partial charge < -0.3 is 10.3 Å². The molecule has 0 radical (unpaired) electrons. The summed E-state index contributed by atoms with van der Waals surface area (Å²) >= 11 is 0. The molecule has 1 saturated carbocycles. The van der Waals surface area contributed by atoms with Crippen LogP contribution in [0.4, 0.5) is 0 Å². The number of rotatable bonds is 2. The predicted molar refractivity (Wildman–Crippen MR) is 72.1 cm³/mol. The minimum Gasteiger partial charge on any atom is -0.345 e. The van der Waals surface area contributed by atoms with Crippen LogP contribution in [-0.4, -0.2) is 37.7 Å². The molecule has 1 aliphatic rings. The van der Waals surface area contributed by atoms with Gasteiger partial charge in [0, 0.05) is 18.2 Å². The molecule has 19 heavy (non-hydrogen) atoms. The minimum atomic E-state index is 0.480. The number of hydrogen-bond donors (Lipinski definition) is 2. The summed E-state index contributed by atoms with van der Waals surface area (Å²) in [5, 5.41) is 12.0. The van der Waals surface area contributed by atoms with E-state index >= 15 is 0 Å². The lowest BCUT2D eigenvalue weighted by Gasteiger charge is -2.09. The van der Waals surface area contributed by atoms with Crippen molar-refractivity contribution in [1.82, 2.24) is 29.9 Å². The lowest BCUT2D eigenvalue weighted by molar-refractivity contribution is 0.564. The van der Waals surface area contributed by atoms with Gasteiger partial charge in [0.1, 0.15) is 5.82 Å². The highest BCUT2D eigenvalue weighted by Crippen LogP contribution is 2.34. The van der Waals surface area contributed by atoms with Crippen LogP contribution in [0, 0.1) is 0 Å². The van der Waals surface area contributed by atoms with E-state index in [1.54, 1.807) is 6.20 Å². The van der Waals surface area contributed by atoms with Crippen LogP contribution in [-0.2, 0) is 0 Å². The lowest BCUT2D eigenvalue weighted by Crippen LogP contribution is -2.21. The molecule has 4 rings (SSSR count). The molecule has 6 heteroatoms. The molecule has 2 N–H and O–H groups in total. The van der Waals surface area contributed by atoms with Crippen LogP contribution in [0.5, 0.6) is 0 Å². The molecule has 98 valence electrons. The molecule has 0 amide bonds. The zero-order chi connectivity index (χ0) is 12.8. The fourth-order valence-electron chi connectivity index (χ4n) is 3.14. The van der Waals surface area contributed by atoms with Gasteiger partial charge in [0.15, 0.2) is 11.3 Å². The van der Waals surface area contributed by atoms with E-state index in [2.05, 4.69) is 29.9 Å². The zero-order valence-corrected chi connectivity index (χ0v) is 10.8. The van der Waals surface area contributed by atoms with E-state index in [4.69, 9.17) is 0 Å². The fourth-order valence-corrected chi connectivity index (χ4v) is 3.14. The Labute approximate surface area is 110 Å². The lowest BCUT2D eigenvalue weighted by atomic mass is 10.1. The van der Waals surface area contributed by atoms with Crippen molar-refractivity contribution in [3.05, 3.63) is 24.3 Å². The summed E-state index contributed by atoms with van der Waals surface area (Å²) in [5.74, 6) is 1.55. The van der Waals surface area contributed by atoms with Crippen molar-refractivity contribution in [2.75, 3.05) is 7.05 Å². The van der Waals surface area contributed by atoms with Gasteiger partial charge in [0.05, 0.1) is 11.7 Å². The van der Waals surface area contributed by atoms with Crippen molar-refractivity contribution in [3.8, 4) is 0 Å². The monoisotopic (exact) mass is 256 g/mol.